The zero-order chi connectivity index (χ0) is 12.6. The summed E-state index contributed by atoms with van der Waals surface area (Å²) in [7, 11) is 0. The number of aryl methyl sites for hydroxylation is 2. The average Bonchev–Trinajstić information content (AvgIpc) is 2.58. The summed E-state index contributed by atoms with van der Waals surface area (Å²) in [6.07, 6.45) is 0. The number of hydrogen-bond donors (Lipinski definition) is 1. The van der Waals surface area contributed by atoms with Crippen LogP contribution >= 0.6 is 27.3 Å². The Morgan fingerprint density at radius 2 is 1.94 bits per heavy atom. The molecule has 0 aliphatic carbocycles. The average molecular weight is 314 g/mol. The molecule has 4 heteroatoms. The Kier molecular flexibility index (Phi) is 3.66. The van der Waals surface area contributed by atoms with Crippen molar-refractivity contribution in [2.24, 2.45) is 5.73 Å². The molecule has 0 radical (unpaired) electrons. The van der Waals surface area contributed by atoms with E-state index in [1.165, 1.54) is 17.7 Å². The maximum atomic E-state index is 13.0. The lowest BCUT2D eigenvalue weighted by Crippen LogP contribution is -2.11. The topological polar surface area (TPSA) is 26.0 Å². The van der Waals surface area contributed by atoms with E-state index in [-0.39, 0.29) is 11.9 Å². The lowest BCUT2D eigenvalue weighted by molar-refractivity contribution is 0.625. The van der Waals surface area contributed by atoms with E-state index in [2.05, 4.69) is 22.0 Å². The molecule has 0 aliphatic rings. The monoisotopic (exact) mass is 313 g/mol. The SMILES string of the molecule is Cc1cc(F)ccc1C(N)c1cc(C)c(Br)s1. The van der Waals surface area contributed by atoms with E-state index in [1.807, 2.05) is 13.8 Å². The normalized spacial score (nSPS) is 12.8. The Labute approximate surface area is 113 Å². The highest BCUT2D eigenvalue weighted by Gasteiger charge is 2.15. The minimum Gasteiger partial charge on any atom is -0.320 e. The van der Waals surface area contributed by atoms with Crippen LogP contribution in [0.25, 0.3) is 0 Å². The van der Waals surface area contributed by atoms with Gasteiger partial charge in [0.25, 0.3) is 0 Å². The highest BCUT2D eigenvalue weighted by molar-refractivity contribution is 9.11. The number of nitrogens with two attached hydrogens (primary N) is 1. The van der Waals surface area contributed by atoms with E-state index < -0.39 is 0 Å². The highest BCUT2D eigenvalue weighted by atomic mass is 79.9. The molecule has 0 amide bonds. The van der Waals surface area contributed by atoms with E-state index >= 15 is 0 Å². The van der Waals surface area contributed by atoms with Gasteiger partial charge in [0.2, 0.25) is 0 Å². The highest BCUT2D eigenvalue weighted by Crippen LogP contribution is 2.34. The first-order chi connectivity index (χ1) is 7.99. The number of thiophene rings is 1. The Morgan fingerprint density at radius 3 is 2.47 bits per heavy atom. The molecule has 0 saturated carbocycles. The van der Waals surface area contributed by atoms with Crippen LogP contribution in [0.4, 0.5) is 4.39 Å². The van der Waals surface area contributed by atoms with Gasteiger partial charge in [0, 0.05) is 4.88 Å². The quantitative estimate of drug-likeness (QED) is 0.878. The van der Waals surface area contributed by atoms with Crippen LogP contribution < -0.4 is 5.73 Å². The van der Waals surface area contributed by atoms with Gasteiger partial charge in [0.05, 0.1) is 9.83 Å². The van der Waals surface area contributed by atoms with Crippen LogP contribution in [-0.4, -0.2) is 0 Å². The zero-order valence-electron chi connectivity index (χ0n) is 9.63. The molecule has 2 aromatic rings. The van der Waals surface area contributed by atoms with Crippen LogP contribution in [0.5, 0.6) is 0 Å². The number of hydrogen-bond acceptors (Lipinski definition) is 2. The second-order valence-corrected chi connectivity index (χ2v) is 6.49. The summed E-state index contributed by atoms with van der Waals surface area (Å²) >= 11 is 5.12. The van der Waals surface area contributed by atoms with E-state index in [9.17, 15) is 4.39 Å². The second kappa shape index (κ2) is 4.88. The molecule has 17 heavy (non-hydrogen) atoms. The van der Waals surface area contributed by atoms with Gasteiger partial charge in [-0.1, -0.05) is 6.07 Å². The molecule has 90 valence electrons. The van der Waals surface area contributed by atoms with E-state index in [4.69, 9.17) is 5.73 Å². The second-order valence-electron chi connectivity index (χ2n) is 4.08. The largest absolute Gasteiger partial charge is 0.320 e. The predicted molar refractivity (Wildman–Crippen MR) is 73.9 cm³/mol. The molecule has 2 N–H and O–H groups in total. The van der Waals surface area contributed by atoms with E-state index in [0.29, 0.717) is 0 Å². The molecule has 1 unspecified atom stereocenters. The van der Waals surface area contributed by atoms with Crippen LogP contribution in [0.2, 0.25) is 0 Å². The molecule has 0 bridgehead atoms. The molecule has 2 rings (SSSR count). The smallest absolute Gasteiger partial charge is 0.123 e. The summed E-state index contributed by atoms with van der Waals surface area (Å²) in [6.45, 7) is 3.92. The first-order valence-corrected chi connectivity index (χ1v) is 6.87. The van der Waals surface area contributed by atoms with Gasteiger partial charge in [0.15, 0.2) is 0 Å². The third-order valence-corrected chi connectivity index (χ3v) is 4.97. The Morgan fingerprint density at radius 1 is 1.24 bits per heavy atom. The van der Waals surface area contributed by atoms with Gasteiger partial charge >= 0.3 is 0 Å². The van der Waals surface area contributed by atoms with Crippen LogP contribution in [0.15, 0.2) is 28.1 Å². The van der Waals surface area contributed by atoms with Crippen molar-refractivity contribution in [2.75, 3.05) is 0 Å². The summed E-state index contributed by atoms with van der Waals surface area (Å²) in [5.74, 6) is -0.220. The fourth-order valence-electron chi connectivity index (χ4n) is 1.78. The fourth-order valence-corrected chi connectivity index (χ4v) is 3.37. The molecule has 0 aliphatic heterocycles. The number of benzene rings is 1. The van der Waals surface area contributed by atoms with Crippen molar-refractivity contribution in [2.45, 2.75) is 19.9 Å². The summed E-state index contributed by atoms with van der Waals surface area (Å²) in [5, 5.41) is 0. The fraction of sp³-hybridized carbons (Fsp3) is 0.231. The van der Waals surface area contributed by atoms with Crippen molar-refractivity contribution < 1.29 is 4.39 Å². The molecule has 1 aromatic carbocycles. The van der Waals surface area contributed by atoms with Crippen molar-refractivity contribution in [3.8, 4) is 0 Å². The van der Waals surface area contributed by atoms with Crippen molar-refractivity contribution in [1.82, 2.24) is 0 Å². The van der Waals surface area contributed by atoms with Crippen LogP contribution in [0, 0.1) is 19.7 Å². The van der Waals surface area contributed by atoms with Crippen LogP contribution in [0.3, 0.4) is 0 Å². The molecule has 1 atom stereocenters. The predicted octanol–water partition coefficient (Wildman–Crippen LogP) is 4.31. The molecular formula is C13H13BrFNS. The summed E-state index contributed by atoms with van der Waals surface area (Å²) in [6, 6.07) is 6.62. The van der Waals surface area contributed by atoms with Crippen molar-refractivity contribution in [3.05, 3.63) is 55.4 Å². The lowest BCUT2D eigenvalue weighted by Gasteiger charge is -2.13. The molecule has 0 saturated heterocycles. The Bertz CT molecular complexity index is 531. The van der Waals surface area contributed by atoms with E-state index in [0.717, 1.165) is 19.8 Å². The molecule has 0 spiro atoms. The third-order valence-electron chi connectivity index (χ3n) is 2.75. The van der Waals surface area contributed by atoms with Crippen molar-refractivity contribution >= 4 is 27.3 Å². The van der Waals surface area contributed by atoms with Gasteiger partial charge in [-0.2, -0.15) is 0 Å². The molecule has 0 fully saturated rings. The van der Waals surface area contributed by atoms with Crippen molar-refractivity contribution in [3.63, 3.8) is 0 Å². The maximum absolute atomic E-state index is 13.0. The summed E-state index contributed by atoms with van der Waals surface area (Å²) in [4.78, 5) is 1.09. The number of halogens is 2. The first kappa shape index (κ1) is 12.7. The maximum Gasteiger partial charge on any atom is 0.123 e. The lowest BCUT2D eigenvalue weighted by atomic mass is 10.0. The van der Waals surface area contributed by atoms with Gasteiger partial charge < -0.3 is 5.73 Å². The molecule has 1 aromatic heterocycles. The zero-order valence-corrected chi connectivity index (χ0v) is 12.0. The van der Waals surface area contributed by atoms with E-state index in [1.54, 1.807) is 17.4 Å². The Balaban J connectivity index is 2.39. The summed E-state index contributed by atoms with van der Waals surface area (Å²) in [5.41, 5.74) is 9.26. The third kappa shape index (κ3) is 2.59. The van der Waals surface area contributed by atoms with Gasteiger partial charge in [-0.3, -0.25) is 0 Å². The van der Waals surface area contributed by atoms with Crippen LogP contribution in [0.1, 0.15) is 27.6 Å². The standard InChI is InChI=1S/C13H13BrFNS/c1-7-5-9(15)3-4-10(7)12(16)11-6-8(2)13(14)17-11/h3-6,12H,16H2,1-2H3. The molecular weight excluding hydrogens is 301 g/mol. The van der Waals surface area contributed by atoms with Gasteiger partial charge in [0.1, 0.15) is 5.82 Å². The summed E-state index contributed by atoms with van der Waals surface area (Å²) < 4.78 is 14.1. The Hall–Kier alpha value is -0.710. The minimum atomic E-state index is -0.220. The molecule has 1 heterocycles. The molecule has 1 nitrogen and oxygen atoms in total. The first-order valence-electron chi connectivity index (χ1n) is 5.26. The van der Waals surface area contributed by atoms with Crippen molar-refractivity contribution in [1.29, 1.82) is 0 Å². The van der Waals surface area contributed by atoms with Crippen LogP contribution in [-0.2, 0) is 0 Å². The number of rotatable bonds is 2. The minimum absolute atomic E-state index is 0.189. The van der Waals surface area contributed by atoms with Gasteiger partial charge in [-0.15, -0.1) is 11.3 Å². The van der Waals surface area contributed by atoms with Gasteiger partial charge in [-0.25, -0.2) is 4.39 Å². The van der Waals surface area contributed by atoms with Gasteiger partial charge in [-0.05, 0) is 64.7 Å².